The van der Waals surface area contributed by atoms with Gasteiger partial charge in [0.1, 0.15) is 0 Å². The molecular weight excluding hydrogens is 372 g/mol. The molecule has 0 bridgehead atoms. The number of rotatable bonds is 2. The third kappa shape index (κ3) is 2.94. The van der Waals surface area contributed by atoms with E-state index in [1.165, 1.54) is 36.4 Å². The Morgan fingerprint density at radius 2 is 1.42 bits per heavy atom. The van der Waals surface area contributed by atoms with Crippen molar-refractivity contribution in [1.82, 2.24) is 0 Å². The van der Waals surface area contributed by atoms with Crippen LogP contribution in [0.15, 0.2) is 76.5 Å². The molecule has 0 aromatic heterocycles. The molecule has 0 N–H and O–H groups in total. The fourth-order valence-electron chi connectivity index (χ4n) is 2.59. The minimum Gasteiger partial charge on any atom is -0.359 e. The van der Waals surface area contributed by atoms with Crippen LogP contribution in [0.25, 0.3) is 16.3 Å². The van der Waals surface area contributed by atoms with Crippen LogP contribution in [-0.2, 0) is 19.7 Å². The van der Waals surface area contributed by atoms with Crippen LogP contribution in [0.5, 0.6) is 0 Å². The number of sulfone groups is 2. The van der Waals surface area contributed by atoms with Gasteiger partial charge in [-0.05, 0) is 30.5 Å². The lowest BCUT2D eigenvalue weighted by Gasteiger charge is -2.06. The first-order valence-corrected chi connectivity index (χ1v) is 10.5. The molecule has 0 radical (unpaired) electrons. The largest absolute Gasteiger partial charge is 0.504 e. The van der Waals surface area contributed by atoms with E-state index in [0.717, 1.165) is 5.56 Å². The van der Waals surface area contributed by atoms with Crippen molar-refractivity contribution in [2.75, 3.05) is 0 Å². The Labute approximate surface area is 151 Å². The van der Waals surface area contributed by atoms with Gasteiger partial charge in [0.25, 0.3) is 19.7 Å². The van der Waals surface area contributed by atoms with Crippen molar-refractivity contribution in [1.29, 1.82) is 0 Å². The predicted octanol–water partition coefficient (Wildman–Crippen LogP) is 2.98. The van der Waals surface area contributed by atoms with Gasteiger partial charge in [0.05, 0.1) is 9.79 Å². The topological polar surface area (TPSA) is 105 Å². The fourth-order valence-corrected chi connectivity index (χ4v) is 6.14. The summed E-state index contributed by atoms with van der Waals surface area (Å²) < 4.78 is 50.2. The van der Waals surface area contributed by atoms with Crippen LogP contribution in [0.1, 0.15) is 5.56 Å². The second-order valence-corrected chi connectivity index (χ2v) is 9.62. The number of hydrogen-bond donors (Lipinski definition) is 0. The molecule has 6 nitrogen and oxygen atoms in total. The summed E-state index contributed by atoms with van der Waals surface area (Å²) in [5, 5.41) is 0.967. The van der Waals surface area contributed by atoms with E-state index >= 15 is 0 Å². The van der Waals surface area contributed by atoms with Crippen LogP contribution in [0.2, 0.25) is 0 Å². The van der Waals surface area contributed by atoms with E-state index in [1.54, 1.807) is 37.3 Å². The monoisotopic (exact) mass is 386 g/mol. The van der Waals surface area contributed by atoms with E-state index in [9.17, 15) is 22.4 Å². The Balaban J connectivity index is 2.25. The second-order valence-electron chi connectivity index (χ2n) is 5.66. The highest BCUT2D eigenvalue weighted by molar-refractivity contribution is 8.31. The van der Waals surface area contributed by atoms with Crippen molar-refractivity contribution in [3.05, 3.63) is 77.8 Å². The number of aryl methyl sites for hydroxylation is 1. The van der Waals surface area contributed by atoms with Crippen molar-refractivity contribution < 1.29 is 21.6 Å². The fraction of sp³-hybridized carbons (Fsp3) is 0.0556. The maximum absolute atomic E-state index is 13.0. The normalized spacial score (nSPS) is 11.9. The molecule has 26 heavy (non-hydrogen) atoms. The molecule has 0 heterocycles. The van der Waals surface area contributed by atoms with Crippen LogP contribution in [0.4, 0.5) is 0 Å². The van der Waals surface area contributed by atoms with E-state index in [0.29, 0.717) is 10.8 Å². The zero-order valence-corrected chi connectivity index (χ0v) is 15.3. The number of hydrogen-bond acceptors (Lipinski definition) is 4. The van der Waals surface area contributed by atoms with Crippen molar-refractivity contribution in [2.45, 2.75) is 16.7 Å². The zero-order valence-electron chi connectivity index (χ0n) is 13.7. The molecule has 0 aliphatic heterocycles. The van der Waals surface area contributed by atoms with E-state index in [1.807, 2.05) is 0 Å². The van der Waals surface area contributed by atoms with Gasteiger partial charge >= 0.3 is 4.38 Å². The highest BCUT2D eigenvalue weighted by Crippen LogP contribution is 2.27. The van der Waals surface area contributed by atoms with Crippen molar-refractivity contribution >= 4 is 34.8 Å². The van der Waals surface area contributed by atoms with E-state index in [-0.39, 0.29) is 9.79 Å². The van der Waals surface area contributed by atoms with E-state index < -0.39 is 24.1 Å². The minimum atomic E-state index is -4.58. The minimum absolute atomic E-state index is 0.237. The summed E-state index contributed by atoms with van der Waals surface area (Å²) in [6.07, 6.45) is 0. The highest BCUT2D eigenvalue weighted by atomic mass is 32.3. The first-order valence-electron chi connectivity index (χ1n) is 7.55. The summed E-state index contributed by atoms with van der Waals surface area (Å²) in [5.74, 6) is 0. The quantitative estimate of drug-likeness (QED) is 0.292. The molecule has 3 aromatic rings. The molecule has 0 saturated carbocycles. The molecule has 0 atom stereocenters. The molecule has 0 unspecified atom stereocenters. The van der Waals surface area contributed by atoms with Gasteiger partial charge in [0.2, 0.25) is 0 Å². The van der Waals surface area contributed by atoms with Gasteiger partial charge in [0.15, 0.2) is 0 Å². The lowest BCUT2D eigenvalue weighted by molar-refractivity contribution is 0.00381. The zero-order chi connectivity index (χ0) is 18.9. The highest BCUT2D eigenvalue weighted by Gasteiger charge is 2.44. The maximum Gasteiger partial charge on any atom is 0.504 e. The van der Waals surface area contributed by atoms with Crippen molar-refractivity contribution in [3.8, 4) is 0 Å². The Morgan fingerprint density at radius 3 is 2.08 bits per heavy atom. The smallest absolute Gasteiger partial charge is 0.359 e. The lowest BCUT2D eigenvalue weighted by Crippen LogP contribution is -2.26. The Hall–Kier alpha value is -2.80. The summed E-state index contributed by atoms with van der Waals surface area (Å²) in [4.78, 5) is 2.15. The summed E-state index contributed by atoms with van der Waals surface area (Å²) in [5.41, 5.74) is 10.1. The Morgan fingerprint density at radius 1 is 0.808 bits per heavy atom. The summed E-state index contributed by atoms with van der Waals surface area (Å²) in [6, 6.07) is 16.8. The SMILES string of the molecule is Cc1ccc(S(=O)(=O)C(=[N+]=[N-])S(=O)(=O)c2cccc3ccccc23)cc1. The molecule has 0 spiro atoms. The number of nitrogens with zero attached hydrogens (tertiary/aromatic N) is 2. The van der Waals surface area contributed by atoms with Gasteiger partial charge in [-0.15, -0.1) is 4.79 Å². The molecule has 0 saturated heterocycles. The van der Waals surface area contributed by atoms with Gasteiger partial charge in [-0.3, -0.25) is 0 Å². The first-order chi connectivity index (χ1) is 12.3. The van der Waals surface area contributed by atoms with Crippen molar-refractivity contribution in [2.24, 2.45) is 0 Å². The molecule has 8 heteroatoms. The first kappa shape index (κ1) is 18.0. The molecule has 3 aromatic carbocycles. The van der Waals surface area contributed by atoms with Crippen LogP contribution in [-0.4, -0.2) is 26.0 Å². The Kier molecular flexibility index (Phi) is 4.50. The van der Waals surface area contributed by atoms with Gasteiger partial charge in [0, 0.05) is 5.39 Å². The van der Waals surface area contributed by atoms with Gasteiger partial charge < -0.3 is 5.53 Å². The second kappa shape index (κ2) is 6.49. The number of benzene rings is 3. The van der Waals surface area contributed by atoms with Crippen molar-refractivity contribution in [3.63, 3.8) is 0 Å². The number of fused-ring (bicyclic) bond motifs is 1. The molecule has 0 fully saturated rings. The third-order valence-electron chi connectivity index (χ3n) is 3.91. The van der Waals surface area contributed by atoms with Crippen LogP contribution < -0.4 is 0 Å². The molecular formula is C18H14N2O4S2. The summed E-state index contributed by atoms with van der Waals surface area (Å²) >= 11 is 0. The average molecular weight is 386 g/mol. The van der Waals surface area contributed by atoms with Gasteiger partial charge in [-0.25, -0.2) is 16.8 Å². The maximum atomic E-state index is 13.0. The van der Waals surface area contributed by atoms with Gasteiger partial charge in [-0.2, -0.15) is 0 Å². The Bertz CT molecular complexity index is 1250. The lowest BCUT2D eigenvalue weighted by atomic mass is 10.1. The molecule has 0 aliphatic rings. The summed E-state index contributed by atoms with van der Waals surface area (Å²) in [6.45, 7) is 1.77. The predicted molar refractivity (Wildman–Crippen MR) is 98.1 cm³/mol. The average Bonchev–Trinajstić information content (AvgIpc) is 2.61. The standard InChI is InChI=1S/C18H14N2O4S2/c1-13-9-11-15(12-10-13)25(21,22)18(20-19)26(23,24)17-8-4-6-14-5-2-3-7-16(14)17/h2-12H,1H3. The van der Waals surface area contributed by atoms with Crippen LogP contribution in [0, 0.1) is 6.92 Å². The third-order valence-corrected chi connectivity index (χ3v) is 8.14. The van der Waals surface area contributed by atoms with E-state index in [2.05, 4.69) is 4.79 Å². The molecule has 3 rings (SSSR count). The molecule has 0 aliphatic carbocycles. The van der Waals surface area contributed by atoms with Gasteiger partial charge in [-0.1, -0.05) is 54.1 Å². The van der Waals surface area contributed by atoms with Crippen LogP contribution in [0.3, 0.4) is 0 Å². The summed E-state index contributed by atoms with van der Waals surface area (Å²) in [7, 11) is -9.11. The molecule has 0 amide bonds. The van der Waals surface area contributed by atoms with E-state index in [4.69, 9.17) is 0 Å². The molecule has 132 valence electrons. The van der Waals surface area contributed by atoms with Crippen LogP contribution >= 0.6 is 0 Å².